The molecule has 0 aromatic carbocycles. The van der Waals surface area contributed by atoms with Crippen LogP contribution in [0.2, 0.25) is 0 Å². The minimum absolute atomic E-state index is 0.0317. The zero-order chi connectivity index (χ0) is 17.6. The van der Waals surface area contributed by atoms with Gasteiger partial charge in [0.15, 0.2) is 5.69 Å². The van der Waals surface area contributed by atoms with Crippen LogP contribution in [0.3, 0.4) is 0 Å². The molecule has 0 bridgehead atoms. The lowest BCUT2D eigenvalue weighted by Gasteiger charge is -2.02. The Morgan fingerprint density at radius 2 is 2.12 bits per heavy atom. The molecule has 0 aliphatic carbocycles. The molecule has 0 aliphatic rings. The molecule has 0 fully saturated rings. The van der Waals surface area contributed by atoms with E-state index in [-0.39, 0.29) is 18.0 Å². The Kier molecular flexibility index (Phi) is 5.51. The number of carbonyl (C=O) groups excluding carboxylic acids is 1. The van der Waals surface area contributed by atoms with Crippen molar-refractivity contribution in [1.82, 2.24) is 20.4 Å². The Morgan fingerprint density at radius 3 is 2.84 bits per heavy atom. The highest BCUT2D eigenvalue weighted by Gasteiger charge is 2.12. The van der Waals surface area contributed by atoms with Gasteiger partial charge in [0.1, 0.15) is 0 Å². The van der Waals surface area contributed by atoms with Gasteiger partial charge >= 0.3 is 5.97 Å². The van der Waals surface area contributed by atoms with Crippen LogP contribution in [0.1, 0.15) is 27.8 Å². The zero-order valence-electron chi connectivity index (χ0n) is 13.0. The van der Waals surface area contributed by atoms with Crippen molar-refractivity contribution >= 4 is 34.6 Å². The smallest absolute Gasteiger partial charge is 0.355 e. The molecule has 0 atom stereocenters. The molecular weight excluding hydrogens is 364 g/mol. The third-order valence-electron chi connectivity index (χ3n) is 3.21. The summed E-state index contributed by atoms with van der Waals surface area (Å²) in [7, 11) is 0. The minimum Gasteiger partial charge on any atom is -0.476 e. The summed E-state index contributed by atoms with van der Waals surface area (Å²) in [6.45, 7) is 0.398. The average molecular weight is 378 g/mol. The summed E-state index contributed by atoms with van der Waals surface area (Å²) in [5.74, 6) is -0.230. The number of aromatic carboxylic acids is 1. The van der Waals surface area contributed by atoms with E-state index < -0.39 is 5.97 Å². The summed E-state index contributed by atoms with van der Waals surface area (Å²) in [5.41, 5.74) is 0.0317. The first-order chi connectivity index (χ1) is 12.1. The number of thiophene rings is 1. The summed E-state index contributed by atoms with van der Waals surface area (Å²) < 4.78 is 5.14. The molecule has 130 valence electrons. The van der Waals surface area contributed by atoms with Crippen molar-refractivity contribution < 1.29 is 19.2 Å². The van der Waals surface area contributed by atoms with Crippen molar-refractivity contribution in [3.05, 3.63) is 39.5 Å². The third kappa shape index (κ3) is 4.70. The van der Waals surface area contributed by atoms with Gasteiger partial charge in [-0.05, 0) is 11.4 Å². The van der Waals surface area contributed by atoms with Gasteiger partial charge in [-0.25, -0.2) is 9.78 Å². The lowest BCUT2D eigenvalue weighted by Crippen LogP contribution is -2.25. The van der Waals surface area contributed by atoms with Gasteiger partial charge in [0.05, 0.1) is 9.88 Å². The second-order valence-electron chi connectivity index (χ2n) is 5.02. The first-order valence-electron chi connectivity index (χ1n) is 7.42. The quantitative estimate of drug-likeness (QED) is 0.617. The van der Waals surface area contributed by atoms with Crippen LogP contribution >= 0.6 is 22.7 Å². The van der Waals surface area contributed by atoms with E-state index in [9.17, 15) is 9.59 Å². The van der Waals surface area contributed by atoms with E-state index in [2.05, 4.69) is 20.4 Å². The molecule has 3 aromatic heterocycles. The molecule has 10 heteroatoms. The maximum Gasteiger partial charge on any atom is 0.355 e. The van der Waals surface area contributed by atoms with Crippen molar-refractivity contribution in [2.75, 3.05) is 6.54 Å². The molecule has 0 aliphatic heterocycles. The normalized spacial score (nSPS) is 10.7. The summed E-state index contributed by atoms with van der Waals surface area (Å²) in [5, 5.41) is 19.6. The van der Waals surface area contributed by atoms with Crippen LogP contribution in [0.15, 0.2) is 27.4 Å². The van der Waals surface area contributed by atoms with Gasteiger partial charge in [-0.1, -0.05) is 11.2 Å². The zero-order valence-corrected chi connectivity index (χ0v) is 14.6. The van der Waals surface area contributed by atoms with E-state index in [1.54, 1.807) is 0 Å². The van der Waals surface area contributed by atoms with E-state index in [0.29, 0.717) is 36.1 Å². The second kappa shape index (κ2) is 7.99. The fourth-order valence-corrected chi connectivity index (χ4v) is 3.43. The highest BCUT2D eigenvalue weighted by molar-refractivity contribution is 7.13. The maximum absolute atomic E-state index is 11.8. The van der Waals surface area contributed by atoms with Gasteiger partial charge in [-0.2, -0.15) is 4.98 Å². The predicted molar refractivity (Wildman–Crippen MR) is 91.7 cm³/mol. The summed E-state index contributed by atoms with van der Waals surface area (Å²) in [6, 6.07) is 3.81. The monoisotopic (exact) mass is 378 g/mol. The number of rotatable bonds is 8. The molecule has 25 heavy (non-hydrogen) atoms. The lowest BCUT2D eigenvalue weighted by molar-refractivity contribution is -0.121. The molecule has 8 nitrogen and oxygen atoms in total. The molecule has 2 N–H and O–H groups in total. The van der Waals surface area contributed by atoms with Crippen LogP contribution < -0.4 is 5.32 Å². The molecule has 3 rings (SSSR count). The van der Waals surface area contributed by atoms with Crippen molar-refractivity contribution in [2.45, 2.75) is 19.3 Å². The Balaban J connectivity index is 1.40. The Labute approximate surface area is 150 Å². The van der Waals surface area contributed by atoms with Crippen LogP contribution in [0.4, 0.5) is 0 Å². The number of thiazole rings is 1. The number of hydrogen-bond donors (Lipinski definition) is 2. The van der Waals surface area contributed by atoms with Gasteiger partial charge in [-0.15, -0.1) is 22.7 Å². The standard InChI is InChI=1S/C15H14N4O4S2/c20-11(16-6-5-13-17-9(8-25-13)15(21)22)3-4-12-18-14(19-23-12)10-2-1-7-24-10/h1-2,7-8H,3-6H2,(H,16,20)(H,21,22). The number of nitrogens with one attached hydrogen (secondary N) is 1. The lowest BCUT2D eigenvalue weighted by atomic mass is 10.3. The van der Waals surface area contributed by atoms with Crippen molar-refractivity contribution in [2.24, 2.45) is 0 Å². The number of nitrogens with zero attached hydrogens (tertiary/aromatic N) is 3. The van der Waals surface area contributed by atoms with Crippen LogP contribution in [0.25, 0.3) is 10.7 Å². The second-order valence-corrected chi connectivity index (χ2v) is 6.91. The number of amides is 1. The molecule has 0 spiro atoms. The SMILES string of the molecule is O=C(CCc1nc(-c2cccs2)no1)NCCc1nc(C(=O)O)cs1. The fourth-order valence-electron chi connectivity index (χ4n) is 2.00. The van der Waals surface area contributed by atoms with E-state index >= 15 is 0 Å². The van der Waals surface area contributed by atoms with Crippen LogP contribution in [-0.2, 0) is 17.6 Å². The number of carboxylic acid groups (broad SMARTS) is 1. The molecule has 0 radical (unpaired) electrons. The molecular formula is C15H14N4O4S2. The summed E-state index contributed by atoms with van der Waals surface area (Å²) >= 11 is 2.79. The van der Waals surface area contributed by atoms with Crippen molar-refractivity contribution in [1.29, 1.82) is 0 Å². The van der Waals surface area contributed by atoms with Crippen molar-refractivity contribution in [3.63, 3.8) is 0 Å². The molecule has 3 aromatic rings. The topological polar surface area (TPSA) is 118 Å². The first-order valence-corrected chi connectivity index (χ1v) is 9.18. The summed E-state index contributed by atoms with van der Waals surface area (Å²) in [4.78, 5) is 31.7. The van der Waals surface area contributed by atoms with E-state index in [4.69, 9.17) is 9.63 Å². The Bertz CT molecular complexity index is 857. The third-order valence-corrected chi connectivity index (χ3v) is 4.98. The number of carbonyl (C=O) groups is 2. The maximum atomic E-state index is 11.8. The van der Waals surface area contributed by atoms with Gasteiger partial charge in [-0.3, -0.25) is 4.79 Å². The van der Waals surface area contributed by atoms with Crippen molar-refractivity contribution in [3.8, 4) is 10.7 Å². The van der Waals surface area contributed by atoms with Crippen LogP contribution in [0.5, 0.6) is 0 Å². The Morgan fingerprint density at radius 1 is 1.24 bits per heavy atom. The van der Waals surface area contributed by atoms with Crippen LogP contribution in [-0.4, -0.2) is 38.7 Å². The van der Waals surface area contributed by atoms with E-state index in [1.165, 1.54) is 28.1 Å². The molecule has 1 amide bonds. The number of hydrogen-bond acceptors (Lipinski definition) is 8. The molecule has 0 saturated carbocycles. The largest absolute Gasteiger partial charge is 0.476 e. The first kappa shape index (κ1) is 17.2. The Hall–Kier alpha value is -2.59. The minimum atomic E-state index is -1.05. The van der Waals surface area contributed by atoms with Crippen LogP contribution in [0, 0.1) is 0 Å². The highest BCUT2D eigenvalue weighted by atomic mass is 32.1. The summed E-state index contributed by atoms with van der Waals surface area (Å²) in [6.07, 6.45) is 1.10. The number of carboxylic acids is 1. The highest BCUT2D eigenvalue weighted by Crippen LogP contribution is 2.21. The number of aryl methyl sites for hydroxylation is 1. The van der Waals surface area contributed by atoms with E-state index in [0.717, 1.165) is 4.88 Å². The van der Waals surface area contributed by atoms with Gasteiger partial charge < -0.3 is 14.9 Å². The predicted octanol–water partition coefficient (Wildman–Crippen LogP) is 2.24. The molecule has 0 unspecified atom stereocenters. The molecule has 3 heterocycles. The fraction of sp³-hybridized carbons (Fsp3) is 0.267. The van der Waals surface area contributed by atoms with E-state index in [1.807, 2.05) is 17.5 Å². The van der Waals surface area contributed by atoms with Gasteiger partial charge in [0, 0.05) is 31.2 Å². The van der Waals surface area contributed by atoms with Gasteiger partial charge in [0.25, 0.3) is 0 Å². The van der Waals surface area contributed by atoms with Gasteiger partial charge in [0.2, 0.25) is 17.6 Å². The molecule has 0 saturated heterocycles. The number of aromatic nitrogens is 3. The average Bonchev–Trinajstić information content (AvgIpc) is 3.33.